The van der Waals surface area contributed by atoms with Gasteiger partial charge in [0.25, 0.3) is 0 Å². The van der Waals surface area contributed by atoms with Gasteiger partial charge in [-0.15, -0.1) is 9.73 Å². The van der Waals surface area contributed by atoms with Gasteiger partial charge in [0.1, 0.15) is 0 Å². The topological polar surface area (TPSA) is 56.0 Å². The minimum atomic E-state index is 0.616. The summed E-state index contributed by atoms with van der Waals surface area (Å²) in [5.74, 6) is 0. The van der Waals surface area contributed by atoms with Gasteiger partial charge in [-0.05, 0) is 22.6 Å². The summed E-state index contributed by atoms with van der Waals surface area (Å²) in [7, 11) is 0. The average molecular weight is 206 g/mol. The van der Waals surface area contributed by atoms with Crippen molar-refractivity contribution in [2.45, 2.75) is 0 Å². The maximum Gasteiger partial charge on any atom is 0.207 e. The molecular weight excluding hydrogens is 202 g/mol. The van der Waals surface area contributed by atoms with E-state index in [1.54, 1.807) is 6.20 Å². The lowest BCUT2D eigenvalue weighted by atomic mass is 10.2. The first-order valence-electron chi connectivity index (χ1n) is 3.97. The average Bonchev–Trinajstić information content (AvgIpc) is 2.65. The Morgan fingerprint density at radius 2 is 2.21 bits per heavy atom. The van der Waals surface area contributed by atoms with E-state index >= 15 is 0 Å². The number of halogens is 1. The van der Waals surface area contributed by atoms with Crippen molar-refractivity contribution in [3.05, 3.63) is 29.4 Å². The molecular formula is C8H4ClN5. The van der Waals surface area contributed by atoms with Gasteiger partial charge in [0, 0.05) is 15.8 Å². The molecule has 0 aliphatic carbocycles. The number of nitrogens with zero attached hydrogens (tertiary/aromatic N) is 5. The predicted octanol–water partition coefficient (Wildman–Crippen LogP) is 1.33. The summed E-state index contributed by atoms with van der Waals surface area (Å²) in [5.41, 5.74) is 0.616. The van der Waals surface area contributed by atoms with E-state index < -0.39 is 0 Å². The molecule has 0 saturated heterocycles. The first-order chi connectivity index (χ1) is 6.84. The summed E-state index contributed by atoms with van der Waals surface area (Å²) in [4.78, 5) is 0. The fourth-order valence-corrected chi connectivity index (χ4v) is 1.55. The van der Waals surface area contributed by atoms with E-state index in [2.05, 4.69) is 20.6 Å². The van der Waals surface area contributed by atoms with Crippen molar-refractivity contribution < 1.29 is 0 Å². The predicted molar refractivity (Wildman–Crippen MR) is 51.1 cm³/mol. The van der Waals surface area contributed by atoms with E-state index in [1.807, 2.05) is 18.2 Å². The Morgan fingerprint density at radius 1 is 1.29 bits per heavy atom. The smallest absolute Gasteiger partial charge is 0.155 e. The normalized spacial score (nSPS) is 11.2. The minimum Gasteiger partial charge on any atom is -0.155 e. The van der Waals surface area contributed by atoms with Gasteiger partial charge in [0.05, 0.1) is 6.20 Å². The van der Waals surface area contributed by atoms with Crippen molar-refractivity contribution in [2.75, 3.05) is 0 Å². The molecule has 0 saturated carbocycles. The summed E-state index contributed by atoms with van der Waals surface area (Å²) in [6.07, 6.45) is 1.70. The van der Waals surface area contributed by atoms with Crippen LogP contribution in [0, 0.1) is 0 Å². The van der Waals surface area contributed by atoms with Crippen molar-refractivity contribution in [1.29, 1.82) is 0 Å². The lowest BCUT2D eigenvalue weighted by molar-refractivity contribution is 0.736. The molecule has 2 aromatic heterocycles. The second-order valence-electron chi connectivity index (χ2n) is 2.87. The van der Waals surface area contributed by atoms with Crippen LogP contribution in [0.2, 0.25) is 5.02 Å². The Bertz CT molecular complexity index is 617. The summed E-state index contributed by atoms with van der Waals surface area (Å²) >= 11 is 5.89. The minimum absolute atomic E-state index is 0.616. The highest BCUT2D eigenvalue weighted by Crippen LogP contribution is 2.20. The third-order valence-corrected chi connectivity index (χ3v) is 2.25. The van der Waals surface area contributed by atoms with Crippen molar-refractivity contribution in [3.8, 4) is 0 Å². The van der Waals surface area contributed by atoms with Crippen LogP contribution in [0.3, 0.4) is 0 Å². The zero-order valence-electron chi connectivity index (χ0n) is 6.92. The number of rotatable bonds is 0. The van der Waals surface area contributed by atoms with Crippen LogP contribution in [0.4, 0.5) is 0 Å². The third-order valence-electron chi connectivity index (χ3n) is 2.02. The number of benzene rings is 1. The van der Waals surface area contributed by atoms with Gasteiger partial charge in [-0.2, -0.15) is 5.10 Å². The van der Waals surface area contributed by atoms with E-state index in [9.17, 15) is 0 Å². The molecule has 14 heavy (non-hydrogen) atoms. The van der Waals surface area contributed by atoms with Crippen LogP contribution in [0.15, 0.2) is 24.4 Å². The molecule has 0 aliphatic rings. The highest BCUT2D eigenvalue weighted by molar-refractivity contribution is 6.31. The van der Waals surface area contributed by atoms with Crippen LogP contribution >= 0.6 is 11.6 Å². The summed E-state index contributed by atoms with van der Waals surface area (Å²) in [5, 5.41) is 17.7. The van der Waals surface area contributed by atoms with Crippen molar-refractivity contribution in [3.63, 3.8) is 0 Å². The van der Waals surface area contributed by atoms with Crippen molar-refractivity contribution in [2.24, 2.45) is 0 Å². The maximum absolute atomic E-state index is 5.89. The lowest BCUT2D eigenvalue weighted by Crippen LogP contribution is -1.93. The SMILES string of the molecule is Clc1ccc2cnn3nnnc3c2c1. The van der Waals surface area contributed by atoms with Gasteiger partial charge >= 0.3 is 0 Å². The number of aromatic nitrogens is 5. The molecule has 0 spiro atoms. The Kier molecular flexibility index (Phi) is 1.43. The second-order valence-corrected chi connectivity index (χ2v) is 3.30. The molecule has 0 aliphatic heterocycles. The van der Waals surface area contributed by atoms with Crippen LogP contribution in [-0.2, 0) is 0 Å². The second kappa shape index (κ2) is 2.62. The first kappa shape index (κ1) is 7.64. The summed E-state index contributed by atoms with van der Waals surface area (Å²) in [6, 6.07) is 5.52. The van der Waals surface area contributed by atoms with E-state index in [0.717, 1.165) is 10.8 Å². The quantitative estimate of drug-likeness (QED) is 0.556. The molecule has 68 valence electrons. The van der Waals surface area contributed by atoms with Crippen LogP contribution in [0.25, 0.3) is 16.4 Å². The van der Waals surface area contributed by atoms with Crippen LogP contribution in [-0.4, -0.2) is 25.3 Å². The fraction of sp³-hybridized carbons (Fsp3) is 0. The summed E-state index contributed by atoms with van der Waals surface area (Å²) in [6.45, 7) is 0. The number of hydrogen-bond donors (Lipinski definition) is 0. The van der Waals surface area contributed by atoms with Crippen LogP contribution in [0.1, 0.15) is 0 Å². The fourth-order valence-electron chi connectivity index (χ4n) is 1.37. The van der Waals surface area contributed by atoms with E-state index in [0.29, 0.717) is 10.7 Å². The van der Waals surface area contributed by atoms with Crippen molar-refractivity contribution >= 4 is 28.0 Å². The van der Waals surface area contributed by atoms with Gasteiger partial charge in [-0.3, -0.25) is 0 Å². The standard InChI is InChI=1S/C8H4ClN5/c9-6-2-1-5-4-10-14-8(7(5)3-6)11-12-13-14/h1-4H. The number of hydrogen-bond acceptors (Lipinski definition) is 4. The van der Waals surface area contributed by atoms with E-state index in [4.69, 9.17) is 11.6 Å². The van der Waals surface area contributed by atoms with Crippen molar-refractivity contribution in [1.82, 2.24) is 25.3 Å². The lowest BCUT2D eigenvalue weighted by Gasteiger charge is -1.97. The molecule has 0 N–H and O–H groups in total. The Labute approximate surface area is 83.3 Å². The van der Waals surface area contributed by atoms with Crippen LogP contribution in [0.5, 0.6) is 0 Å². The molecule has 1 aromatic carbocycles. The molecule has 0 radical (unpaired) electrons. The zero-order valence-corrected chi connectivity index (χ0v) is 7.68. The molecule has 3 aromatic rings. The molecule has 5 nitrogen and oxygen atoms in total. The zero-order chi connectivity index (χ0) is 9.54. The Morgan fingerprint density at radius 3 is 3.14 bits per heavy atom. The Balaban J connectivity index is 2.60. The third kappa shape index (κ3) is 0.958. The monoisotopic (exact) mass is 205 g/mol. The highest BCUT2D eigenvalue weighted by atomic mass is 35.5. The molecule has 2 heterocycles. The van der Waals surface area contributed by atoms with Gasteiger partial charge in [-0.25, -0.2) is 0 Å². The number of tetrazole rings is 1. The highest BCUT2D eigenvalue weighted by Gasteiger charge is 2.04. The van der Waals surface area contributed by atoms with Gasteiger partial charge < -0.3 is 0 Å². The molecule has 0 fully saturated rings. The molecule has 3 rings (SSSR count). The molecule has 0 bridgehead atoms. The van der Waals surface area contributed by atoms with Crippen LogP contribution < -0.4 is 0 Å². The van der Waals surface area contributed by atoms with Gasteiger partial charge in [0.2, 0.25) is 5.65 Å². The molecule has 0 atom stereocenters. The molecule has 0 unspecified atom stereocenters. The first-order valence-corrected chi connectivity index (χ1v) is 4.35. The molecule has 6 heteroatoms. The molecule has 0 amide bonds. The maximum atomic E-state index is 5.89. The van der Waals surface area contributed by atoms with Gasteiger partial charge in [-0.1, -0.05) is 17.7 Å². The van der Waals surface area contributed by atoms with E-state index in [-0.39, 0.29) is 0 Å². The van der Waals surface area contributed by atoms with Gasteiger partial charge in [0.15, 0.2) is 0 Å². The Hall–Kier alpha value is -1.75. The van der Waals surface area contributed by atoms with E-state index in [1.165, 1.54) is 4.63 Å². The number of fused-ring (bicyclic) bond motifs is 3. The largest absolute Gasteiger partial charge is 0.207 e. The summed E-state index contributed by atoms with van der Waals surface area (Å²) < 4.78 is 1.37.